The van der Waals surface area contributed by atoms with Gasteiger partial charge in [0.05, 0.1) is 12.2 Å². The molecule has 3 atom stereocenters. The average molecular weight is 416 g/mol. The Morgan fingerprint density at radius 3 is 2.57 bits per heavy atom. The average Bonchev–Trinajstić information content (AvgIpc) is 2.68. The number of hydrogen-bond acceptors (Lipinski definition) is 4. The number of nitrogens with zero attached hydrogens (tertiary/aromatic N) is 2. The molecule has 6 heteroatoms. The van der Waals surface area contributed by atoms with Crippen LogP contribution in [0.3, 0.4) is 0 Å². The second-order valence-corrected chi connectivity index (χ2v) is 9.31. The molecule has 166 valence electrons. The van der Waals surface area contributed by atoms with Crippen LogP contribution in [0.4, 0.5) is 5.69 Å². The summed E-state index contributed by atoms with van der Waals surface area (Å²) < 4.78 is 5.84. The Kier molecular flexibility index (Phi) is 7.75. The van der Waals surface area contributed by atoms with Crippen LogP contribution < -0.4 is 15.0 Å². The van der Waals surface area contributed by atoms with Gasteiger partial charge in [-0.3, -0.25) is 9.59 Å². The normalized spacial score (nSPS) is 24.1. The van der Waals surface area contributed by atoms with E-state index in [2.05, 4.69) is 24.1 Å². The summed E-state index contributed by atoms with van der Waals surface area (Å²) in [7, 11) is 0. The van der Waals surface area contributed by atoms with Crippen molar-refractivity contribution in [2.45, 2.75) is 59.5 Å². The van der Waals surface area contributed by atoms with Gasteiger partial charge in [-0.15, -0.1) is 0 Å². The van der Waals surface area contributed by atoms with Crippen LogP contribution in [0.25, 0.3) is 0 Å². The van der Waals surface area contributed by atoms with Gasteiger partial charge in [-0.2, -0.15) is 0 Å². The SMILES string of the molecule is Cc1ccc2c(c1)N(C(=O)CCC(=O)NCCCN1C[C@H](C)C[C@@H](C)C1)C[C@@H](C)O2. The molecule has 2 amide bonds. The molecule has 2 heterocycles. The van der Waals surface area contributed by atoms with Gasteiger partial charge < -0.3 is 19.9 Å². The molecule has 0 bridgehead atoms. The van der Waals surface area contributed by atoms with Crippen molar-refractivity contribution >= 4 is 17.5 Å². The summed E-state index contributed by atoms with van der Waals surface area (Å²) in [5.41, 5.74) is 1.89. The number of anilines is 1. The van der Waals surface area contributed by atoms with Crippen LogP contribution in [0.1, 0.15) is 52.0 Å². The predicted octanol–water partition coefficient (Wildman–Crippen LogP) is 3.37. The largest absolute Gasteiger partial charge is 0.487 e. The van der Waals surface area contributed by atoms with Gasteiger partial charge in [0.2, 0.25) is 11.8 Å². The van der Waals surface area contributed by atoms with Gasteiger partial charge in [0.25, 0.3) is 0 Å². The number of piperidine rings is 1. The van der Waals surface area contributed by atoms with Crippen molar-refractivity contribution in [1.29, 1.82) is 0 Å². The number of aryl methyl sites for hydroxylation is 1. The molecule has 3 rings (SSSR count). The Bertz CT molecular complexity index is 741. The van der Waals surface area contributed by atoms with E-state index in [1.165, 1.54) is 6.42 Å². The van der Waals surface area contributed by atoms with Crippen molar-refractivity contribution in [1.82, 2.24) is 10.2 Å². The Morgan fingerprint density at radius 1 is 1.10 bits per heavy atom. The molecule has 1 fully saturated rings. The number of nitrogens with one attached hydrogen (secondary N) is 1. The van der Waals surface area contributed by atoms with Crippen LogP contribution in [-0.2, 0) is 9.59 Å². The van der Waals surface area contributed by atoms with Crippen molar-refractivity contribution in [3.05, 3.63) is 23.8 Å². The van der Waals surface area contributed by atoms with Crippen LogP contribution >= 0.6 is 0 Å². The van der Waals surface area contributed by atoms with E-state index in [9.17, 15) is 9.59 Å². The van der Waals surface area contributed by atoms with E-state index in [4.69, 9.17) is 4.74 Å². The van der Waals surface area contributed by atoms with E-state index in [0.29, 0.717) is 13.1 Å². The number of amides is 2. The number of fused-ring (bicyclic) bond motifs is 1. The van der Waals surface area contributed by atoms with Crippen molar-refractivity contribution in [2.24, 2.45) is 11.8 Å². The summed E-state index contributed by atoms with van der Waals surface area (Å²) in [5.74, 6) is 2.17. The third kappa shape index (κ3) is 6.21. The smallest absolute Gasteiger partial charge is 0.227 e. The van der Waals surface area contributed by atoms with Gasteiger partial charge in [-0.05, 0) is 62.8 Å². The molecule has 0 saturated carbocycles. The van der Waals surface area contributed by atoms with E-state index in [-0.39, 0.29) is 30.8 Å². The number of benzene rings is 1. The zero-order valence-corrected chi connectivity index (χ0v) is 18.9. The minimum atomic E-state index is -0.0572. The number of carbonyl (C=O) groups excluding carboxylic acids is 2. The molecule has 30 heavy (non-hydrogen) atoms. The molecule has 2 aliphatic heterocycles. The van der Waals surface area contributed by atoms with Gasteiger partial charge >= 0.3 is 0 Å². The van der Waals surface area contributed by atoms with E-state index in [0.717, 1.165) is 54.9 Å². The van der Waals surface area contributed by atoms with Gasteiger partial charge in [-0.25, -0.2) is 0 Å². The quantitative estimate of drug-likeness (QED) is 0.694. The Labute approximate surface area is 180 Å². The standard InChI is InChI=1S/C24H37N3O3/c1-17-6-7-22-21(13-17)27(16-20(4)30-22)24(29)9-8-23(28)25-10-5-11-26-14-18(2)12-19(3)15-26/h6-7,13,18-20H,5,8-12,14-16H2,1-4H3,(H,25,28)/t18-,19-,20-/m1/s1. The summed E-state index contributed by atoms with van der Waals surface area (Å²) in [6.07, 6.45) is 2.65. The zero-order chi connectivity index (χ0) is 21.7. The highest BCUT2D eigenvalue weighted by atomic mass is 16.5. The van der Waals surface area contributed by atoms with E-state index in [1.807, 2.05) is 32.0 Å². The molecule has 1 saturated heterocycles. The maximum atomic E-state index is 12.8. The predicted molar refractivity (Wildman–Crippen MR) is 120 cm³/mol. The van der Waals surface area contributed by atoms with Gasteiger partial charge in [0.15, 0.2) is 0 Å². The number of carbonyl (C=O) groups is 2. The monoisotopic (exact) mass is 415 g/mol. The van der Waals surface area contributed by atoms with Gasteiger partial charge in [-0.1, -0.05) is 19.9 Å². The molecular weight excluding hydrogens is 378 g/mol. The summed E-state index contributed by atoms with van der Waals surface area (Å²) >= 11 is 0. The topological polar surface area (TPSA) is 61.9 Å². The highest BCUT2D eigenvalue weighted by molar-refractivity contribution is 5.97. The maximum Gasteiger partial charge on any atom is 0.227 e. The van der Waals surface area contributed by atoms with Crippen LogP contribution in [0, 0.1) is 18.8 Å². The second-order valence-electron chi connectivity index (χ2n) is 9.31. The van der Waals surface area contributed by atoms with Crippen molar-refractivity contribution in [3.63, 3.8) is 0 Å². The molecule has 1 aromatic rings. The van der Waals surface area contributed by atoms with Crippen molar-refractivity contribution in [3.8, 4) is 5.75 Å². The van der Waals surface area contributed by atoms with Gasteiger partial charge in [0, 0.05) is 32.5 Å². The summed E-state index contributed by atoms with van der Waals surface area (Å²) in [4.78, 5) is 29.3. The van der Waals surface area contributed by atoms with Crippen molar-refractivity contribution < 1.29 is 14.3 Å². The number of hydrogen-bond donors (Lipinski definition) is 1. The number of ether oxygens (including phenoxy) is 1. The van der Waals surface area contributed by atoms with E-state index in [1.54, 1.807) is 4.90 Å². The Balaban J connectivity index is 1.40. The molecule has 0 unspecified atom stereocenters. The minimum absolute atomic E-state index is 0.0246. The summed E-state index contributed by atoms with van der Waals surface area (Å²) in [6.45, 7) is 13.1. The Hall–Kier alpha value is -2.08. The lowest BCUT2D eigenvalue weighted by Gasteiger charge is -2.35. The van der Waals surface area contributed by atoms with Crippen LogP contribution in [-0.4, -0.2) is 55.5 Å². The fraction of sp³-hybridized carbons (Fsp3) is 0.667. The molecular formula is C24H37N3O3. The van der Waals surface area contributed by atoms with Crippen LogP contribution in [0.2, 0.25) is 0 Å². The number of rotatable bonds is 7. The van der Waals surface area contributed by atoms with E-state index >= 15 is 0 Å². The van der Waals surface area contributed by atoms with Gasteiger partial charge in [0.1, 0.15) is 11.9 Å². The minimum Gasteiger partial charge on any atom is -0.487 e. The molecule has 0 aromatic heterocycles. The summed E-state index contributed by atoms with van der Waals surface area (Å²) in [5, 5.41) is 2.98. The highest BCUT2D eigenvalue weighted by Crippen LogP contribution is 2.34. The number of likely N-dealkylation sites (tertiary alicyclic amines) is 1. The highest BCUT2D eigenvalue weighted by Gasteiger charge is 2.27. The fourth-order valence-electron chi connectivity index (χ4n) is 4.73. The first kappa shape index (κ1) is 22.6. The summed E-state index contributed by atoms with van der Waals surface area (Å²) in [6, 6.07) is 5.87. The molecule has 0 radical (unpaired) electrons. The lowest BCUT2D eigenvalue weighted by atomic mass is 9.92. The molecule has 1 N–H and O–H groups in total. The van der Waals surface area contributed by atoms with E-state index < -0.39 is 0 Å². The van der Waals surface area contributed by atoms with Crippen molar-refractivity contribution in [2.75, 3.05) is 37.6 Å². The third-order valence-electron chi connectivity index (χ3n) is 5.96. The zero-order valence-electron chi connectivity index (χ0n) is 18.9. The third-order valence-corrected chi connectivity index (χ3v) is 5.96. The first-order valence-corrected chi connectivity index (χ1v) is 11.4. The first-order valence-electron chi connectivity index (χ1n) is 11.4. The Morgan fingerprint density at radius 2 is 1.83 bits per heavy atom. The van der Waals surface area contributed by atoms with Crippen LogP contribution in [0.15, 0.2) is 18.2 Å². The maximum absolute atomic E-state index is 12.8. The molecule has 6 nitrogen and oxygen atoms in total. The molecule has 0 spiro atoms. The second kappa shape index (κ2) is 10.3. The fourth-order valence-corrected chi connectivity index (χ4v) is 4.73. The lowest BCUT2D eigenvalue weighted by Crippen LogP contribution is -2.42. The van der Waals surface area contributed by atoms with Crippen LogP contribution in [0.5, 0.6) is 5.75 Å². The molecule has 0 aliphatic carbocycles. The lowest BCUT2D eigenvalue weighted by molar-refractivity contribution is -0.125. The molecule has 2 aliphatic rings. The first-order chi connectivity index (χ1) is 14.3. The molecule has 1 aromatic carbocycles.